The fourth-order valence-electron chi connectivity index (χ4n) is 2.87. The van der Waals surface area contributed by atoms with Crippen LogP contribution in [0.4, 0.5) is 0 Å². The maximum Gasteiger partial charge on any atom is 0.252 e. The second-order valence-corrected chi connectivity index (χ2v) is 7.06. The van der Waals surface area contributed by atoms with Crippen LogP contribution in [0.25, 0.3) is 0 Å². The molecule has 1 saturated carbocycles. The van der Waals surface area contributed by atoms with Gasteiger partial charge in [-0.05, 0) is 42.9 Å². The maximum absolute atomic E-state index is 12.2. The number of hydrogen-bond acceptors (Lipinski definition) is 2. The molecule has 0 aromatic heterocycles. The van der Waals surface area contributed by atoms with Crippen molar-refractivity contribution in [3.63, 3.8) is 0 Å². The van der Waals surface area contributed by atoms with Gasteiger partial charge in [0.15, 0.2) is 0 Å². The Morgan fingerprint density at radius 2 is 1.95 bits per heavy atom. The van der Waals surface area contributed by atoms with Crippen molar-refractivity contribution in [2.24, 2.45) is 11.8 Å². The predicted molar refractivity (Wildman–Crippen MR) is 89.5 cm³/mol. The average Bonchev–Trinajstić information content (AvgIpc) is 2.45. The molecule has 1 aliphatic rings. The summed E-state index contributed by atoms with van der Waals surface area (Å²) in [5.41, 5.74) is 0.652. The van der Waals surface area contributed by atoms with Gasteiger partial charge in [-0.3, -0.25) is 4.79 Å². The molecular formula is C16H22BrNOS. The van der Waals surface area contributed by atoms with Crippen molar-refractivity contribution in [2.75, 3.05) is 6.54 Å². The van der Waals surface area contributed by atoms with Crippen LogP contribution in [-0.2, 0) is 0 Å². The minimum Gasteiger partial charge on any atom is -0.352 e. The number of nitrogens with one attached hydrogen (secondary N) is 1. The topological polar surface area (TPSA) is 29.1 Å². The summed E-state index contributed by atoms with van der Waals surface area (Å²) < 4.78 is 0.942. The third-order valence-corrected chi connectivity index (χ3v) is 5.16. The Morgan fingerprint density at radius 3 is 2.55 bits per heavy atom. The molecule has 1 aromatic carbocycles. The second kappa shape index (κ2) is 7.51. The molecule has 1 fully saturated rings. The summed E-state index contributed by atoms with van der Waals surface area (Å²) in [4.78, 5) is 12.9. The number of thiol groups is 1. The van der Waals surface area contributed by atoms with E-state index in [0.29, 0.717) is 16.4 Å². The van der Waals surface area contributed by atoms with Gasteiger partial charge in [-0.1, -0.05) is 42.1 Å². The fourth-order valence-corrected chi connectivity index (χ4v) is 3.73. The maximum atomic E-state index is 12.2. The van der Waals surface area contributed by atoms with Crippen molar-refractivity contribution in [3.05, 3.63) is 28.2 Å². The van der Waals surface area contributed by atoms with Crippen molar-refractivity contribution in [2.45, 2.75) is 43.9 Å². The number of amides is 1. The normalized spacial score (nSPS) is 22.6. The van der Waals surface area contributed by atoms with Crippen molar-refractivity contribution < 1.29 is 4.79 Å². The average molecular weight is 356 g/mol. The molecule has 0 radical (unpaired) electrons. The molecule has 2 rings (SSSR count). The lowest BCUT2D eigenvalue weighted by atomic mass is 9.81. The molecule has 4 heteroatoms. The molecule has 1 aromatic rings. The van der Waals surface area contributed by atoms with Gasteiger partial charge in [0.2, 0.25) is 0 Å². The first-order valence-corrected chi connectivity index (χ1v) is 8.61. The lowest BCUT2D eigenvalue weighted by molar-refractivity contribution is 0.0938. The molecule has 1 amide bonds. The quantitative estimate of drug-likeness (QED) is 0.754. The fraction of sp³-hybridized carbons (Fsp3) is 0.562. The van der Waals surface area contributed by atoms with Crippen LogP contribution in [0.3, 0.4) is 0 Å². The van der Waals surface area contributed by atoms with Crippen molar-refractivity contribution in [1.29, 1.82) is 0 Å². The molecule has 0 aliphatic heterocycles. The Morgan fingerprint density at radius 1 is 1.30 bits per heavy atom. The highest BCUT2D eigenvalue weighted by molar-refractivity contribution is 9.10. The highest BCUT2D eigenvalue weighted by Gasteiger charge is 2.20. The van der Waals surface area contributed by atoms with Gasteiger partial charge in [0.1, 0.15) is 0 Å². The van der Waals surface area contributed by atoms with E-state index in [-0.39, 0.29) is 5.91 Å². The summed E-state index contributed by atoms with van der Waals surface area (Å²) in [5.74, 6) is 1.53. The SMILES string of the molecule is CCC1CCC(CNC(=O)c2ccc(Br)cc2S)CC1. The summed E-state index contributed by atoms with van der Waals surface area (Å²) in [6.07, 6.45) is 6.40. The Kier molecular flexibility index (Phi) is 5.97. The zero-order valence-electron chi connectivity index (χ0n) is 11.9. The Labute approximate surface area is 135 Å². The number of rotatable bonds is 4. The van der Waals surface area contributed by atoms with E-state index in [1.165, 1.54) is 32.1 Å². The van der Waals surface area contributed by atoms with E-state index in [1.807, 2.05) is 18.2 Å². The van der Waals surface area contributed by atoms with E-state index in [1.54, 1.807) is 0 Å². The molecule has 0 bridgehead atoms. The van der Waals surface area contributed by atoms with Crippen LogP contribution in [0.5, 0.6) is 0 Å². The van der Waals surface area contributed by atoms with Gasteiger partial charge in [0, 0.05) is 15.9 Å². The van der Waals surface area contributed by atoms with Gasteiger partial charge in [0.05, 0.1) is 5.56 Å². The number of hydrogen-bond donors (Lipinski definition) is 2. The predicted octanol–water partition coefficient (Wildman–Crippen LogP) is 4.68. The van der Waals surface area contributed by atoms with Gasteiger partial charge in [-0.2, -0.15) is 0 Å². The molecule has 1 N–H and O–H groups in total. The van der Waals surface area contributed by atoms with Crippen molar-refractivity contribution in [1.82, 2.24) is 5.32 Å². The first-order valence-electron chi connectivity index (χ1n) is 7.36. The van der Waals surface area contributed by atoms with Crippen LogP contribution in [0.15, 0.2) is 27.6 Å². The molecule has 20 heavy (non-hydrogen) atoms. The van der Waals surface area contributed by atoms with Gasteiger partial charge < -0.3 is 5.32 Å². The monoisotopic (exact) mass is 355 g/mol. The summed E-state index contributed by atoms with van der Waals surface area (Å²) in [7, 11) is 0. The molecule has 0 atom stereocenters. The van der Waals surface area contributed by atoms with E-state index in [4.69, 9.17) is 0 Å². The summed E-state index contributed by atoms with van der Waals surface area (Å²) in [6.45, 7) is 3.06. The van der Waals surface area contributed by atoms with Crippen molar-refractivity contribution >= 4 is 34.5 Å². The Hall–Kier alpha value is -0.480. The minimum absolute atomic E-state index is 0.0138. The third-order valence-electron chi connectivity index (χ3n) is 4.30. The standard InChI is InChI=1S/C16H22BrNOS/c1-2-11-3-5-12(6-4-11)10-18-16(19)14-8-7-13(17)9-15(14)20/h7-9,11-12,20H,2-6,10H2,1H3,(H,18,19). The Balaban J connectivity index is 1.83. The van der Waals surface area contributed by atoms with E-state index in [0.717, 1.165) is 16.9 Å². The summed E-state index contributed by atoms with van der Waals surface area (Å²) >= 11 is 7.74. The van der Waals surface area contributed by atoms with Gasteiger partial charge in [-0.25, -0.2) is 0 Å². The third kappa shape index (κ3) is 4.26. The summed E-state index contributed by atoms with van der Waals surface area (Å²) in [6, 6.07) is 5.54. The highest BCUT2D eigenvalue weighted by Crippen LogP contribution is 2.30. The molecule has 110 valence electrons. The molecular weight excluding hydrogens is 334 g/mol. The summed E-state index contributed by atoms with van der Waals surface area (Å²) in [5, 5.41) is 3.06. The number of halogens is 1. The van der Waals surface area contributed by atoms with Crippen LogP contribution in [-0.4, -0.2) is 12.5 Å². The molecule has 2 nitrogen and oxygen atoms in total. The first-order chi connectivity index (χ1) is 9.60. The van der Waals surface area contributed by atoms with Gasteiger partial charge in [0.25, 0.3) is 5.91 Å². The highest BCUT2D eigenvalue weighted by atomic mass is 79.9. The van der Waals surface area contributed by atoms with E-state index in [2.05, 4.69) is 40.8 Å². The van der Waals surface area contributed by atoms with E-state index in [9.17, 15) is 4.79 Å². The first kappa shape index (κ1) is 15.9. The number of carbonyl (C=O) groups excluding carboxylic acids is 1. The lowest BCUT2D eigenvalue weighted by Gasteiger charge is -2.27. The van der Waals surface area contributed by atoms with Crippen LogP contribution >= 0.6 is 28.6 Å². The molecule has 0 saturated heterocycles. The van der Waals surface area contributed by atoms with E-state index >= 15 is 0 Å². The second-order valence-electron chi connectivity index (χ2n) is 5.67. The number of carbonyl (C=O) groups is 1. The van der Waals surface area contributed by atoms with Gasteiger partial charge >= 0.3 is 0 Å². The number of benzene rings is 1. The Bertz CT molecular complexity index is 470. The molecule has 0 unspecified atom stereocenters. The zero-order valence-corrected chi connectivity index (χ0v) is 14.3. The lowest BCUT2D eigenvalue weighted by Crippen LogP contribution is -2.31. The van der Waals surface area contributed by atoms with Gasteiger partial charge in [-0.15, -0.1) is 12.6 Å². The van der Waals surface area contributed by atoms with Crippen LogP contribution in [0.1, 0.15) is 49.4 Å². The van der Waals surface area contributed by atoms with E-state index < -0.39 is 0 Å². The molecule has 1 aliphatic carbocycles. The largest absolute Gasteiger partial charge is 0.352 e. The molecule has 0 heterocycles. The van der Waals surface area contributed by atoms with Crippen LogP contribution < -0.4 is 5.32 Å². The molecule has 0 spiro atoms. The smallest absolute Gasteiger partial charge is 0.252 e. The van der Waals surface area contributed by atoms with Crippen LogP contribution in [0.2, 0.25) is 0 Å². The van der Waals surface area contributed by atoms with Crippen molar-refractivity contribution in [3.8, 4) is 0 Å². The minimum atomic E-state index is -0.0138. The zero-order chi connectivity index (χ0) is 14.5. The van der Waals surface area contributed by atoms with Crippen LogP contribution in [0, 0.1) is 11.8 Å².